The zero-order valence-corrected chi connectivity index (χ0v) is 20.6. The molecule has 3 aromatic rings. The first-order valence-electron chi connectivity index (χ1n) is 13.0. The van der Waals surface area contributed by atoms with Crippen molar-refractivity contribution in [3.63, 3.8) is 0 Å². The first-order chi connectivity index (χ1) is 18.0. The molecule has 6 heterocycles. The van der Waals surface area contributed by atoms with E-state index in [1.54, 1.807) is 4.90 Å². The number of likely N-dealkylation sites (tertiary alicyclic amines) is 1. The van der Waals surface area contributed by atoms with Crippen molar-refractivity contribution in [2.75, 3.05) is 26.3 Å². The molecular formula is C28H29N5O4. The van der Waals surface area contributed by atoms with Gasteiger partial charge in [-0.1, -0.05) is 6.07 Å². The molecule has 3 saturated heterocycles. The number of amides is 3. The average molecular weight is 500 g/mol. The maximum Gasteiger partial charge on any atom is 0.255 e. The van der Waals surface area contributed by atoms with Gasteiger partial charge in [0.2, 0.25) is 11.8 Å². The number of pyridine rings is 1. The molecular weight excluding hydrogens is 470 g/mol. The number of piperidine rings is 2. The Kier molecular flexibility index (Phi) is 5.37. The van der Waals surface area contributed by atoms with E-state index in [4.69, 9.17) is 4.74 Å². The summed E-state index contributed by atoms with van der Waals surface area (Å²) < 4.78 is 7.84. The van der Waals surface area contributed by atoms with Gasteiger partial charge in [0, 0.05) is 38.2 Å². The molecule has 7 rings (SSSR count). The second-order valence-corrected chi connectivity index (χ2v) is 10.9. The molecule has 2 bridgehead atoms. The van der Waals surface area contributed by atoms with E-state index < -0.39 is 6.04 Å². The van der Waals surface area contributed by atoms with Crippen LogP contribution in [0.1, 0.15) is 40.7 Å². The topological polar surface area (TPSA) is 96.2 Å². The highest BCUT2D eigenvalue weighted by Crippen LogP contribution is 2.33. The molecule has 4 aliphatic rings. The summed E-state index contributed by atoms with van der Waals surface area (Å²) in [5, 5.41) is 2.37. The maximum atomic E-state index is 13.1. The van der Waals surface area contributed by atoms with Crippen molar-refractivity contribution < 1.29 is 19.1 Å². The number of rotatable bonds is 4. The van der Waals surface area contributed by atoms with Crippen molar-refractivity contribution in [1.82, 2.24) is 24.5 Å². The van der Waals surface area contributed by atoms with Crippen molar-refractivity contribution in [2.45, 2.75) is 38.4 Å². The number of ether oxygens (including phenoxy) is 1. The van der Waals surface area contributed by atoms with E-state index in [1.807, 2.05) is 24.7 Å². The van der Waals surface area contributed by atoms with Crippen molar-refractivity contribution >= 4 is 23.2 Å². The molecule has 3 atom stereocenters. The molecule has 0 spiro atoms. The van der Waals surface area contributed by atoms with Crippen LogP contribution >= 0.6 is 0 Å². The Bertz CT molecular complexity index is 1420. The van der Waals surface area contributed by atoms with Crippen LogP contribution in [0.4, 0.5) is 0 Å². The highest BCUT2D eigenvalue weighted by Gasteiger charge is 2.39. The smallest absolute Gasteiger partial charge is 0.255 e. The third-order valence-corrected chi connectivity index (χ3v) is 8.21. The number of fused-ring (bicyclic) bond motifs is 4. The van der Waals surface area contributed by atoms with Gasteiger partial charge in [-0.25, -0.2) is 4.98 Å². The van der Waals surface area contributed by atoms with Gasteiger partial charge in [-0.05, 0) is 65.6 Å². The van der Waals surface area contributed by atoms with Crippen LogP contribution in [-0.4, -0.2) is 69.3 Å². The third kappa shape index (κ3) is 4.02. The number of imidazole rings is 1. The number of aromatic nitrogens is 2. The highest BCUT2D eigenvalue weighted by atomic mass is 16.5. The van der Waals surface area contributed by atoms with Crippen molar-refractivity contribution in [1.29, 1.82) is 0 Å². The summed E-state index contributed by atoms with van der Waals surface area (Å²) in [7, 11) is 0. The lowest BCUT2D eigenvalue weighted by molar-refractivity contribution is -0.136. The Labute approximate surface area is 214 Å². The molecule has 0 aliphatic carbocycles. The van der Waals surface area contributed by atoms with Gasteiger partial charge in [-0.2, -0.15) is 0 Å². The maximum absolute atomic E-state index is 13.1. The summed E-state index contributed by atoms with van der Waals surface area (Å²) >= 11 is 0. The number of benzene rings is 1. The molecule has 9 heteroatoms. The fourth-order valence-corrected chi connectivity index (χ4v) is 6.59. The van der Waals surface area contributed by atoms with E-state index in [0.717, 1.165) is 55.2 Å². The van der Waals surface area contributed by atoms with Gasteiger partial charge in [-0.15, -0.1) is 0 Å². The first-order valence-corrected chi connectivity index (χ1v) is 13.0. The van der Waals surface area contributed by atoms with Crippen molar-refractivity contribution in [2.24, 2.45) is 11.8 Å². The number of carbonyl (C=O) groups excluding carboxylic acids is 3. The fourth-order valence-electron chi connectivity index (χ4n) is 6.59. The summed E-state index contributed by atoms with van der Waals surface area (Å²) in [4.78, 5) is 45.6. The van der Waals surface area contributed by atoms with Crippen molar-refractivity contribution in [3.05, 3.63) is 59.5 Å². The lowest BCUT2D eigenvalue weighted by Crippen LogP contribution is -2.52. The van der Waals surface area contributed by atoms with Gasteiger partial charge in [0.1, 0.15) is 6.04 Å². The molecule has 3 amide bonds. The van der Waals surface area contributed by atoms with Crippen LogP contribution in [0.15, 0.2) is 42.9 Å². The summed E-state index contributed by atoms with van der Waals surface area (Å²) in [6, 6.07) is 9.72. The lowest BCUT2D eigenvalue weighted by atomic mass is 9.88. The zero-order valence-electron chi connectivity index (χ0n) is 20.6. The molecule has 4 aliphatic heterocycles. The Morgan fingerprint density at radius 3 is 2.70 bits per heavy atom. The quantitative estimate of drug-likeness (QED) is 0.553. The van der Waals surface area contributed by atoms with E-state index in [1.165, 1.54) is 12.0 Å². The summed E-state index contributed by atoms with van der Waals surface area (Å²) in [6.45, 7) is 5.10. The van der Waals surface area contributed by atoms with Crippen LogP contribution in [0.2, 0.25) is 0 Å². The van der Waals surface area contributed by atoms with E-state index in [9.17, 15) is 14.4 Å². The van der Waals surface area contributed by atoms with Gasteiger partial charge >= 0.3 is 0 Å². The minimum absolute atomic E-state index is 0.155. The minimum Gasteiger partial charge on any atom is -0.381 e. The number of hydrogen-bond donors (Lipinski definition) is 1. The Balaban J connectivity index is 1.18. The van der Waals surface area contributed by atoms with Crippen LogP contribution in [0.3, 0.4) is 0 Å². The van der Waals surface area contributed by atoms with E-state index in [-0.39, 0.29) is 24.1 Å². The molecule has 0 radical (unpaired) electrons. The summed E-state index contributed by atoms with van der Waals surface area (Å²) in [5.74, 6) is 0.411. The van der Waals surface area contributed by atoms with Gasteiger partial charge in [0.25, 0.3) is 5.91 Å². The number of nitrogens with zero attached hydrogens (tertiary/aromatic N) is 4. The average Bonchev–Trinajstić information content (AvgIpc) is 3.47. The predicted octanol–water partition coefficient (Wildman–Crippen LogP) is 2.23. The normalized spacial score (nSPS) is 26.0. The molecule has 190 valence electrons. The second kappa shape index (κ2) is 8.78. The lowest BCUT2D eigenvalue weighted by Gasteiger charge is -2.41. The molecule has 0 saturated carbocycles. The molecule has 3 unspecified atom stereocenters. The number of imide groups is 1. The van der Waals surface area contributed by atoms with Gasteiger partial charge in [0.05, 0.1) is 36.9 Å². The van der Waals surface area contributed by atoms with Crippen LogP contribution in [-0.2, 0) is 27.4 Å². The number of nitrogens with one attached hydrogen (secondary N) is 1. The van der Waals surface area contributed by atoms with E-state index in [2.05, 4.69) is 37.8 Å². The summed E-state index contributed by atoms with van der Waals surface area (Å²) in [5.41, 5.74) is 5.83. The van der Waals surface area contributed by atoms with Gasteiger partial charge in [0.15, 0.2) is 0 Å². The minimum atomic E-state index is -0.612. The van der Waals surface area contributed by atoms with Gasteiger partial charge in [-0.3, -0.25) is 29.0 Å². The van der Waals surface area contributed by atoms with E-state index >= 15 is 0 Å². The fraction of sp³-hybridized carbons (Fsp3) is 0.429. The first kappa shape index (κ1) is 22.6. The molecule has 1 N–H and O–H groups in total. The third-order valence-electron chi connectivity index (χ3n) is 8.21. The Morgan fingerprint density at radius 2 is 1.89 bits per heavy atom. The van der Waals surface area contributed by atoms with Crippen molar-refractivity contribution in [3.8, 4) is 11.3 Å². The predicted molar refractivity (Wildman–Crippen MR) is 134 cm³/mol. The van der Waals surface area contributed by atoms with E-state index in [0.29, 0.717) is 30.4 Å². The molecule has 1 aromatic carbocycles. The molecule has 2 aromatic heterocycles. The van der Waals surface area contributed by atoms with Crippen LogP contribution in [0.25, 0.3) is 16.8 Å². The number of carbonyl (C=O) groups is 3. The standard InChI is InChI=1S/C28H29N5O4/c34-26-4-3-24(27(35)30-26)32-13-21-8-20(1-2-23(21)28(32)36)25-7-17(6-22-9-29-16-33(22)25)10-31-11-18-5-19(12-31)15-37-14-18/h1-2,6-9,16,18-19,24H,3-5,10-15H2,(H,30,34,35). The molecule has 9 nitrogen and oxygen atoms in total. The number of hydrogen-bond acceptors (Lipinski definition) is 6. The monoisotopic (exact) mass is 499 g/mol. The zero-order chi connectivity index (χ0) is 25.1. The molecule has 3 fully saturated rings. The van der Waals surface area contributed by atoms with Crippen LogP contribution < -0.4 is 5.32 Å². The largest absolute Gasteiger partial charge is 0.381 e. The summed E-state index contributed by atoms with van der Waals surface area (Å²) in [6.07, 6.45) is 5.59. The SMILES string of the molecule is O=C1CCC(N2Cc3cc(-c4cc(CN5CC6COCC(C6)C5)cc5cncn45)ccc3C2=O)C(=O)N1. The van der Waals surface area contributed by atoms with Crippen LogP contribution in [0.5, 0.6) is 0 Å². The Hall–Kier alpha value is -3.56. The van der Waals surface area contributed by atoms with Crippen LogP contribution in [0, 0.1) is 11.8 Å². The second-order valence-electron chi connectivity index (χ2n) is 10.9. The highest BCUT2D eigenvalue weighted by molar-refractivity contribution is 6.05. The van der Waals surface area contributed by atoms with Gasteiger partial charge < -0.3 is 9.64 Å². The molecule has 37 heavy (non-hydrogen) atoms. The Morgan fingerprint density at radius 1 is 1.05 bits per heavy atom.